The van der Waals surface area contributed by atoms with Crippen LogP contribution in [-0.2, 0) is 4.79 Å². The summed E-state index contributed by atoms with van der Waals surface area (Å²) in [6, 6.07) is 23.1. The summed E-state index contributed by atoms with van der Waals surface area (Å²) in [5, 5.41) is 0.662. The molecule has 144 valence electrons. The zero-order valence-corrected chi connectivity index (χ0v) is 17.0. The molecule has 0 fully saturated rings. The van der Waals surface area contributed by atoms with E-state index in [-0.39, 0.29) is 5.91 Å². The smallest absolute Gasteiger partial charge is 0.262 e. The molecule has 3 aromatic rings. The van der Waals surface area contributed by atoms with Crippen molar-refractivity contribution in [1.29, 1.82) is 0 Å². The molecule has 0 spiro atoms. The van der Waals surface area contributed by atoms with E-state index >= 15 is 0 Å². The van der Waals surface area contributed by atoms with Crippen LogP contribution in [0.3, 0.4) is 0 Å². The Morgan fingerprint density at radius 2 is 1.55 bits per heavy atom. The third-order valence-electron chi connectivity index (χ3n) is 4.85. The Balaban J connectivity index is 1.78. The maximum Gasteiger partial charge on any atom is 0.262 e. The third kappa shape index (κ3) is 3.96. The fourth-order valence-corrected chi connectivity index (χ4v) is 3.40. The van der Waals surface area contributed by atoms with Crippen molar-refractivity contribution in [2.75, 3.05) is 12.0 Å². The Kier molecular flexibility index (Phi) is 5.24. The summed E-state index contributed by atoms with van der Waals surface area (Å²) in [7, 11) is 1.63. The van der Waals surface area contributed by atoms with Gasteiger partial charge in [0.25, 0.3) is 5.91 Å². The Hall–Kier alpha value is -3.30. The van der Waals surface area contributed by atoms with Crippen LogP contribution in [0.5, 0.6) is 5.75 Å². The van der Waals surface area contributed by atoms with Crippen LogP contribution in [-0.4, -0.2) is 13.0 Å². The summed E-state index contributed by atoms with van der Waals surface area (Å²) >= 11 is 6.06. The molecule has 4 heteroatoms. The van der Waals surface area contributed by atoms with Gasteiger partial charge in [-0.3, -0.25) is 9.69 Å². The van der Waals surface area contributed by atoms with Gasteiger partial charge in [0.1, 0.15) is 5.75 Å². The van der Waals surface area contributed by atoms with Crippen LogP contribution < -0.4 is 9.64 Å². The molecule has 0 unspecified atom stereocenters. The summed E-state index contributed by atoms with van der Waals surface area (Å²) in [5.41, 5.74) is 5.30. The normalized spacial score (nSPS) is 15.0. The van der Waals surface area contributed by atoms with E-state index in [2.05, 4.69) is 0 Å². The van der Waals surface area contributed by atoms with Gasteiger partial charge in [-0.25, -0.2) is 0 Å². The highest BCUT2D eigenvalue weighted by Crippen LogP contribution is 2.35. The van der Waals surface area contributed by atoms with Crippen molar-refractivity contribution >= 4 is 35.0 Å². The number of amides is 1. The molecule has 3 aromatic carbocycles. The van der Waals surface area contributed by atoms with Crippen LogP contribution in [0.1, 0.15) is 16.7 Å². The first-order valence-corrected chi connectivity index (χ1v) is 9.67. The highest BCUT2D eigenvalue weighted by molar-refractivity contribution is 6.30. The first-order chi connectivity index (χ1) is 14.0. The summed E-state index contributed by atoms with van der Waals surface area (Å²) < 4.78 is 5.21. The predicted octanol–water partition coefficient (Wildman–Crippen LogP) is 6.13. The number of aryl methyl sites for hydroxylation is 1. The molecule has 1 heterocycles. The summed E-state index contributed by atoms with van der Waals surface area (Å²) in [6.07, 6.45) is 3.82. The molecule has 3 nitrogen and oxygen atoms in total. The fraction of sp³-hybridized carbons (Fsp3) is 0.0800. The van der Waals surface area contributed by atoms with Gasteiger partial charge in [0.05, 0.1) is 12.8 Å². The van der Waals surface area contributed by atoms with Gasteiger partial charge in [0, 0.05) is 16.3 Å². The Bertz CT molecular complexity index is 1100. The number of ether oxygens (including phenoxy) is 1. The second-order valence-electron chi connectivity index (χ2n) is 6.89. The van der Waals surface area contributed by atoms with E-state index in [1.807, 2.05) is 91.9 Å². The molecule has 0 saturated carbocycles. The molecule has 0 bridgehead atoms. The second-order valence-corrected chi connectivity index (χ2v) is 7.32. The first-order valence-electron chi connectivity index (χ1n) is 9.30. The van der Waals surface area contributed by atoms with E-state index in [1.165, 1.54) is 0 Å². The van der Waals surface area contributed by atoms with Gasteiger partial charge in [0.2, 0.25) is 0 Å². The SMILES string of the molecule is COc1ccc(/C=C2/C=C(c3ccc(Cl)cc3)N(c3ccc(C)cc3)C2=O)cc1. The van der Waals surface area contributed by atoms with Gasteiger partial charge < -0.3 is 4.74 Å². The molecule has 0 saturated heterocycles. The van der Waals surface area contributed by atoms with Crippen molar-refractivity contribution in [2.45, 2.75) is 6.92 Å². The van der Waals surface area contributed by atoms with Gasteiger partial charge in [0.15, 0.2) is 0 Å². The number of rotatable bonds is 4. The van der Waals surface area contributed by atoms with Crippen molar-refractivity contribution in [3.8, 4) is 5.75 Å². The molecule has 0 atom stereocenters. The van der Waals surface area contributed by atoms with E-state index in [9.17, 15) is 4.79 Å². The Labute approximate surface area is 175 Å². The van der Waals surface area contributed by atoms with Crippen LogP contribution in [0.2, 0.25) is 5.02 Å². The number of hydrogen-bond donors (Lipinski definition) is 0. The van der Waals surface area contributed by atoms with Crippen molar-refractivity contribution < 1.29 is 9.53 Å². The molecule has 0 radical (unpaired) electrons. The Morgan fingerprint density at radius 3 is 2.17 bits per heavy atom. The van der Waals surface area contributed by atoms with E-state index < -0.39 is 0 Å². The minimum absolute atomic E-state index is 0.0605. The van der Waals surface area contributed by atoms with Crippen LogP contribution in [0.25, 0.3) is 11.8 Å². The van der Waals surface area contributed by atoms with Crippen molar-refractivity contribution in [3.63, 3.8) is 0 Å². The van der Waals surface area contributed by atoms with Gasteiger partial charge in [-0.05, 0) is 66.6 Å². The van der Waals surface area contributed by atoms with E-state index in [0.717, 1.165) is 33.8 Å². The summed E-state index contributed by atoms with van der Waals surface area (Å²) in [6.45, 7) is 2.03. The van der Waals surface area contributed by atoms with Gasteiger partial charge in [-0.1, -0.05) is 53.6 Å². The number of halogens is 1. The molecule has 1 amide bonds. The second kappa shape index (κ2) is 7.98. The lowest BCUT2D eigenvalue weighted by Crippen LogP contribution is -2.24. The zero-order valence-electron chi connectivity index (χ0n) is 16.2. The molecule has 4 rings (SSSR count). The largest absolute Gasteiger partial charge is 0.497 e. The summed E-state index contributed by atoms with van der Waals surface area (Å²) in [4.78, 5) is 15.1. The number of carbonyl (C=O) groups is 1. The molecule has 0 aliphatic carbocycles. The van der Waals surface area contributed by atoms with Crippen LogP contribution >= 0.6 is 11.6 Å². The van der Waals surface area contributed by atoms with E-state index in [1.54, 1.807) is 12.0 Å². The number of hydrogen-bond acceptors (Lipinski definition) is 2. The first kappa shape index (κ1) is 19.0. The molecule has 0 aromatic heterocycles. The van der Waals surface area contributed by atoms with Crippen molar-refractivity contribution in [3.05, 3.63) is 106 Å². The molecular weight excluding hydrogens is 382 g/mol. The number of benzene rings is 3. The Morgan fingerprint density at radius 1 is 0.897 bits per heavy atom. The average Bonchev–Trinajstić information content (AvgIpc) is 3.06. The molecular formula is C25H20ClNO2. The quantitative estimate of drug-likeness (QED) is 0.492. The number of carbonyl (C=O) groups excluding carboxylic acids is 1. The molecule has 29 heavy (non-hydrogen) atoms. The van der Waals surface area contributed by atoms with Crippen molar-refractivity contribution in [2.24, 2.45) is 0 Å². The zero-order chi connectivity index (χ0) is 20.4. The lowest BCUT2D eigenvalue weighted by Gasteiger charge is -2.21. The molecule has 0 N–H and O–H groups in total. The minimum atomic E-state index is -0.0605. The predicted molar refractivity (Wildman–Crippen MR) is 119 cm³/mol. The standard InChI is InChI=1S/C25H20ClNO2/c1-17-3-11-22(12-4-17)27-24(19-7-9-21(26)10-8-19)16-20(25(27)28)15-18-5-13-23(29-2)14-6-18/h3-16H,1-2H3/b20-15-. The summed E-state index contributed by atoms with van der Waals surface area (Å²) in [5.74, 6) is 0.721. The van der Waals surface area contributed by atoms with Gasteiger partial charge in [-0.2, -0.15) is 0 Å². The van der Waals surface area contributed by atoms with E-state index in [4.69, 9.17) is 16.3 Å². The number of nitrogens with zero attached hydrogens (tertiary/aromatic N) is 1. The average molecular weight is 402 g/mol. The topological polar surface area (TPSA) is 29.5 Å². The third-order valence-corrected chi connectivity index (χ3v) is 5.11. The molecule has 1 aliphatic rings. The highest BCUT2D eigenvalue weighted by Gasteiger charge is 2.30. The van der Waals surface area contributed by atoms with Gasteiger partial charge in [-0.15, -0.1) is 0 Å². The maximum absolute atomic E-state index is 13.3. The van der Waals surface area contributed by atoms with Crippen LogP contribution in [0, 0.1) is 6.92 Å². The fourth-order valence-electron chi connectivity index (χ4n) is 3.28. The monoisotopic (exact) mass is 401 g/mol. The lowest BCUT2D eigenvalue weighted by molar-refractivity contribution is -0.113. The van der Waals surface area contributed by atoms with E-state index in [0.29, 0.717) is 10.6 Å². The van der Waals surface area contributed by atoms with Gasteiger partial charge >= 0.3 is 0 Å². The number of anilines is 1. The highest BCUT2D eigenvalue weighted by atomic mass is 35.5. The lowest BCUT2D eigenvalue weighted by atomic mass is 10.1. The molecule has 1 aliphatic heterocycles. The maximum atomic E-state index is 13.3. The number of methoxy groups -OCH3 is 1. The van der Waals surface area contributed by atoms with Crippen LogP contribution in [0.15, 0.2) is 84.4 Å². The minimum Gasteiger partial charge on any atom is -0.497 e. The van der Waals surface area contributed by atoms with Crippen molar-refractivity contribution in [1.82, 2.24) is 0 Å². The van der Waals surface area contributed by atoms with Crippen LogP contribution in [0.4, 0.5) is 5.69 Å².